The van der Waals surface area contributed by atoms with E-state index in [1.54, 1.807) is 0 Å². The fourth-order valence-electron chi connectivity index (χ4n) is 1.07. The Hall–Kier alpha value is -0.620. The first-order valence-corrected chi connectivity index (χ1v) is 4.97. The zero-order valence-electron chi connectivity index (χ0n) is 7.03. The molecule has 0 aliphatic heterocycles. The van der Waals surface area contributed by atoms with Crippen molar-refractivity contribution in [1.82, 2.24) is 0 Å². The number of benzene rings is 1. The number of nitrogens with two attached hydrogens (primary N) is 2. The molecule has 1 rings (SSSR count). The highest BCUT2D eigenvalue weighted by atomic mass is 127. The first-order valence-electron chi connectivity index (χ1n) is 3.89. The number of primary amides is 1. The smallest absolute Gasteiger partial charge is 0.219 e. The largest absolute Gasteiger partial charge is 0.370 e. The van der Waals surface area contributed by atoms with E-state index >= 15 is 0 Å². The van der Waals surface area contributed by atoms with Crippen LogP contribution in [0.2, 0.25) is 0 Å². The molecule has 70 valence electrons. The van der Waals surface area contributed by atoms with E-state index in [1.165, 1.54) is 0 Å². The minimum Gasteiger partial charge on any atom is -0.370 e. The van der Waals surface area contributed by atoms with Crippen molar-refractivity contribution in [3.63, 3.8) is 0 Å². The van der Waals surface area contributed by atoms with Crippen molar-refractivity contribution in [2.75, 3.05) is 0 Å². The Labute approximate surface area is 90.6 Å². The quantitative estimate of drug-likeness (QED) is 0.820. The van der Waals surface area contributed by atoms with Gasteiger partial charge in [-0.05, 0) is 40.3 Å². The molecule has 0 radical (unpaired) electrons. The fraction of sp³-hybridized carbons (Fsp3) is 0.222. The zero-order valence-corrected chi connectivity index (χ0v) is 9.19. The average Bonchev–Trinajstić information content (AvgIpc) is 2.03. The number of rotatable bonds is 3. The van der Waals surface area contributed by atoms with Crippen molar-refractivity contribution < 1.29 is 4.79 Å². The summed E-state index contributed by atoms with van der Waals surface area (Å²) < 4.78 is 1.11. The maximum Gasteiger partial charge on any atom is 0.219 e. The van der Waals surface area contributed by atoms with Gasteiger partial charge in [0.05, 0.1) is 0 Å². The summed E-state index contributed by atoms with van der Waals surface area (Å²) in [7, 11) is 0. The van der Waals surface area contributed by atoms with Crippen LogP contribution in [0.1, 0.15) is 18.0 Å². The van der Waals surface area contributed by atoms with E-state index in [2.05, 4.69) is 22.6 Å². The second kappa shape index (κ2) is 4.57. The number of halogens is 1. The van der Waals surface area contributed by atoms with Crippen molar-refractivity contribution in [3.8, 4) is 0 Å². The Bertz CT molecular complexity index is 314. The van der Waals surface area contributed by atoms with E-state index in [1.807, 2.05) is 24.3 Å². The normalized spacial score (nSPS) is 12.5. The standard InChI is InChI=1S/C9H11IN2O/c10-7-3-1-2-6(4-7)8(11)5-9(12)13/h1-4,8H,5,11H2,(H2,12,13)/t8-/m0/s1. The first kappa shape index (κ1) is 10.5. The van der Waals surface area contributed by atoms with Gasteiger partial charge in [0.1, 0.15) is 0 Å². The summed E-state index contributed by atoms with van der Waals surface area (Å²) in [6.07, 6.45) is 0.195. The molecule has 0 aromatic heterocycles. The van der Waals surface area contributed by atoms with Crippen LogP contribution >= 0.6 is 22.6 Å². The van der Waals surface area contributed by atoms with Crippen molar-refractivity contribution in [3.05, 3.63) is 33.4 Å². The van der Waals surface area contributed by atoms with Crippen LogP contribution < -0.4 is 11.5 Å². The van der Waals surface area contributed by atoms with Crippen molar-refractivity contribution >= 4 is 28.5 Å². The number of hydrogen-bond donors (Lipinski definition) is 2. The molecule has 0 saturated carbocycles. The molecule has 4 N–H and O–H groups in total. The number of carbonyl (C=O) groups is 1. The highest BCUT2D eigenvalue weighted by Gasteiger charge is 2.08. The number of amides is 1. The molecule has 4 heteroatoms. The third kappa shape index (κ3) is 3.31. The van der Waals surface area contributed by atoms with Crippen molar-refractivity contribution in [2.45, 2.75) is 12.5 Å². The van der Waals surface area contributed by atoms with E-state index in [0.29, 0.717) is 0 Å². The molecule has 0 aliphatic carbocycles. The lowest BCUT2D eigenvalue weighted by Gasteiger charge is -2.09. The van der Waals surface area contributed by atoms with Crippen LogP contribution in [0.25, 0.3) is 0 Å². The van der Waals surface area contributed by atoms with Crippen LogP contribution in [0.3, 0.4) is 0 Å². The Morgan fingerprint density at radius 1 is 1.54 bits per heavy atom. The van der Waals surface area contributed by atoms with Gasteiger partial charge < -0.3 is 11.5 Å². The van der Waals surface area contributed by atoms with E-state index in [-0.39, 0.29) is 18.4 Å². The summed E-state index contributed by atoms with van der Waals surface area (Å²) in [5, 5.41) is 0. The van der Waals surface area contributed by atoms with Gasteiger partial charge >= 0.3 is 0 Å². The van der Waals surface area contributed by atoms with Crippen molar-refractivity contribution in [1.29, 1.82) is 0 Å². The Morgan fingerprint density at radius 3 is 2.77 bits per heavy atom. The van der Waals surface area contributed by atoms with Crippen LogP contribution in [0.4, 0.5) is 0 Å². The summed E-state index contributed by atoms with van der Waals surface area (Å²) in [5.41, 5.74) is 11.8. The molecule has 0 unspecified atom stereocenters. The first-order chi connectivity index (χ1) is 6.09. The fourth-order valence-corrected chi connectivity index (χ4v) is 1.64. The van der Waals surface area contributed by atoms with Gasteiger partial charge in [0, 0.05) is 16.0 Å². The summed E-state index contributed by atoms with van der Waals surface area (Å²) in [6.45, 7) is 0. The Balaban J connectivity index is 2.76. The Kier molecular flexibility index (Phi) is 3.68. The number of carbonyl (C=O) groups excluding carboxylic acids is 1. The monoisotopic (exact) mass is 290 g/mol. The number of hydrogen-bond acceptors (Lipinski definition) is 2. The maximum absolute atomic E-state index is 10.6. The molecule has 0 saturated heterocycles. The SMILES string of the molecule is NC(=O)C[C@H](N)c1cccc(I)c1. The lowest BCUT2D eigenvalue weighted by molar-refractivity contribution is -0.118. The van der Waals surface area contributed by atoms with E-state index in [4.69, 9.17) is 11.5 Å². The second-order valence-electron chi connectivity index (χ2n) is 2.83. The van der Waals surface area contributed by atoms with Gasteiger partial charge in [0.15, 0.2) is 0 Å². The molecule has 13 heavy (non-hydrogen) atoms. The van der Waals surface area contributed by atoms with Gasteiger partial charge in [0.2, 0.25) is 5.91 Å². The average molecular weight is 290 g/mol. The second-order valence-corrected chi connectivity index (χ2v) is 4.08. The Morgan fingerprint density at radius 2 is 2.23 bits per heavy atom. The summed E-state index contributed by atoms with van der Waals surface area (Å²) >= 11 is 2.20. The molecule has 1 amide bonds. The molecule has 1 atom stereocenters. The molecule has 0 heterocycles. The molecular formula is C9H11IN2O. The topological polar surface area (TPSA) is 69.1 Å². The van der Waals surface area contributed by atoms with Crippen LogP contribution in [-0.4, -0.2) is 5.91 Å². The minimum absolute atomic E-state index is 0.195. The van der Waals surface area contributed by atoms with E-state index < -0.39 is 0 Å². The molecular weight excluding hydrogens is 279 g/mol. The van der Waals surface area contributed by atoms with Crippen LogP contribution in [0.5, 0.6) is 0 Å². The third-order valence-corrected chi connectivity index (χ3v) is 2.37. The molecule has 0 fully saturated rings. The van der Waals surface area contributed by atoms with Crippen LogP contribution in [-0.2, 0) is 4.79 Å². The molecule has 0 spiro atoms. The predicted molar refractivity (Wildman–Crippen MR) is 59.9 cm³/mol. The molecule has 1 aromatic carbocycles. The van der Waals surface area contributed by atoms with Gasteiger partial charge in [0.25, 0.3) is 0 Å². The van der Waals surface area contributed by atoms with Gasteiger partial charge in [-0.25, -0.2) is 0 Å². The van der Waals surface area contributed by atoms with E-state index in [0.717, 1.165) is 9.13 Å². The lowest BCUT2D eigenvalue weighted by Crippen LogP contribution is -2.20. The summed E-state index contributed by atoms with van der Waals surface area (Å²) in [6, 6.07) is 7.45. The zero-order chi connectivity index (χ0) is 9.84. The van der Waals surface area contributed by atoms with E-state index in [9.17, 15) is 4.79 Å². The molecule has 0 aliphatic rings. The van der Waals surface area contributed by atoms with Crippen LogP contribution in [0.15, 0.2) is 24.3 Å². The summed E-state index contributed by atoms with van der Waals surface area (Å²) in [4.78, 5) is 10.6. The van der Waals surface area contributed by atoms with Gasteiger partial charge in [-0.15, -0.1) is 0 Å². The minimum atomic E-state index is -0.369. The molecule has 0 bridgehead atoms. The van der Waals surface area contributed by atoms with Gasteiger partial charge in [-0.2, -0.15) is 0 Å². The van der Waals surface area contributed by atoms with Gasteiger partial charge in [-0.3, -0.25) is 4.79 Å². The predicted octanol–water partition coefficient (Wildman–Crippen LogP) is 1.17. The summed E-state index contributed by atoms with van der Waals surface area (Å²) in [5.74, 6) is -0.369. The van der Waals surface area contributed by atoms with Gasteiger partial charge in [-0.1, -0.05) is 12.1 Å². The van der Waals surface area contributed by atoms with Crippen molar-refractivity contribution in [2.24, 2.45) is 11.5 Å². The highest BCUT2D eigenvalue weighted by Crippen LogP contribution is 2.16. The highest BCUT2D eigenvalue weighted by molar-refractivity contribution is 14.1. The maximum atomic E-state index is 10.6. The third-order valence-electron chi connectivity index (χ3n) is 1.70. The molecule has 3 nitrogen and oxygen atoms in total. The molecule has 1 aromatic rings. The lowest BCUT2D eigenvalue weighted by atomic mass is 10.1. The van der Waals surface area contributed by atoms with Crippen LogP contribution in [0, 0.1) is 3.57 Å².